The van der Waals surface area contributed by atoms with Gasteiger partial charge in [0.2, 0.25) is 0 Å². The highest BCUT2D eigenvalue weighted by Gasteiger charge is 2.17. The average molecular weight is 329 g/mol. The van der Waals surface area contributed by atoms with Crippen molar-refractivity contribution in [2.24, 2.45) is 0 Å². The predicted molar refractivity (Wildman–Crippen MR) is 85.8 cm³/mol. The molecule has 0 bridgehead atoms. The summed E-state index contributed by atoms with van der Waals surface area (Å²) in [6, 6.07) is 7.02. The van der Waals surface area contributed by atoms with Gasteiger partial charge >= 0.3 is 0 Å². The van der Waals surface area contributed by atoms with Gasteiger partial charge in [-0.25, -0.2) is 0 Å². The molecule has 0 saturated heterocycles. The van der Waals surface area contributed by atoms with E-state index in [9.17, 15) is 5.11 Å². The maximum atomic E-state index is 9.28. The van der Waals surface area contributed by atoms with Gasteiger partial charge in [-0.3, -0.25) is 0 Å². The number of hydrogen-bond acceptors (Lipinski definition) is 3. The van der Waals surface area contributed by atoms with Crippen molar-refractivity contribution in [3.8, 4) is 0 Å². The molecule has 0 radical (unpaired) electrons. The zero-order chi connectivity index (χ0) is 14.4. The first-order chi connectivity index (χ1) is 9.01. The molecular weight excluding hydrogens is 304 g/mol. The molecule has 0 aliphatic rings. The fourth-order valence-electron chi connectivity index (χ4n) is 2.31. The third-order valence-corrected chi connectivity index (χ3v) is 3.74. The first-order valence-corrected chi connectivity index (χ1v) is 7.70. The van der Waals surface area contributed by atoms with Gasteiger partial charge in [-0.15, -0.1) is 0 Å². The molecule has 1 unspecified atom stereocenters. The Kier molecular flexibility index (Phi) is 6.83. The first kappa shape index (κ1) is 16.5. The lowest BCUT2D eigenvalue weighted by molar-refractivity contribution is 0.299. The Balaban J connectivity index is 3.17. The molecule has 108 valence electrons. The number of hydrogen-bond donors (Lipinski definition) is 2. The molecule has 2 N–H and O–H groups in total. The van der Waals surface area contributed by atoms with Crippen LogP contribution in [0, 0.1) is 0 Å². The number of anilines is 1. The van der Waals surface area contributed by atoms with Crippen molar-refractivity contribution in [2.45, 2.75) is 39.8 Å². The SMILES string of the molecule is CCNC(C)c1ccc(Br)cc1N(CCO)C(C)C. The number of benzene rings is 1. The van der Waals surface area contributed by atoms with E-state index in [0.717, 1.165) is 11.0 Å². The van der Waals surface area contributed by atoms with Crippen LogP contribution in [0.4, 0.5) is 5.69 Å². The van der Waals surface area contributed by atoms with Gasteiger partial charge in [0.05, 0.1) is 6.61 Å². The summed E-state index contributed by atoms with van der Waals surface area (Å²) in [5, 5.41) is 12.7. The summed E-state index contributed by atoms with van der Waals surface area (Å²) < 4.78 is 1.07. The molecule has 1 rings (SSSR count). The highest BCUT2D eigenvalue weighted by Crippen LogP contribution is 2.30. The number of nitrogens with zero attached hydrogens (tertiary/aromatic N) is 1. The zero-order valence-corrected chi connectivity index (χ0v) is 13.9. The minimum Gasteiger partial charge on any atom is -0.395 e. The topological polar surface area (TPSA) is 35.5 Å². The van der Waals surface area contributed by atoms with Crippen molar-refractivity contribution in [1.29, 1.82) is 0 Å². The molecule has 0 spiro atoms. The van der Waals surface area contributed by atoms with E-state index in [1.807, 2.05) is 0 Å². The summed E-state index contributed by atoms with van der Waals surface area (Å²) in [7, 11) is 0. The molecule has 0 fully saturated rings. The standard InChI is InChI=1S/C15H25BrN2O/c1-5-17-12(4)14-7-6-13(16)10-15(14)18(8-9-19)11(2)3/h6-7,10-12,17,19H,5,8-9H2,1-4H3. The fourth-order valence-corrected chi connectivity index (χ4v) is 2.66. The summed E-state index contributed by atoms with van der Waals surface area (Å²) in [6.07, 6.45) is 0. The second kappa shape index (κ2) is 7.88. The maximum Gasteiger partial charge on any atom is 0.0606 e. The molecule has 0 heterocycles. The van der Waals surface area contributed by atoms with Crippen LogP contribution in [0.25, 0.3) is 0 Å². The molecule has 1 aromatic rings. The number of aliphatic hydroxyl groups is 1. The molecule has 4 heteroatoms. The molecule has 0 aromatic heterocycles. The van der Waals surface area contributed by atoms with Crippen molar-refractivity contribution in [1.82, 2.24) is 5.32 Å². The number of rotatable bonds is 7. The van der Waals surface area contributed by atoms with Crippen molar-refractivity contribution in [3.05, 3.63) is 28.2 Å². The maximum absolute atomic E-state index is 9.28. The lowest BCUT2D eigenvalue weighted by Gasteiger charge is -2.32. The van der Waals surface area contributed by atoms with Crippen molar-refractivity contribution >= 4 is 21.6 Å². The first-order valence-electron chi connectivity index (χ1n) is 6.91. The predicted octanol–water partition coefficient (Wildman–Crippen LogP) is 3.33. The molecule has 1 atom stereocenters. The monoisotopic (exact) mass is 328 g/mol. The van der Waals surface area contributed by atoms with Crippen LogP contribution in [0.2, 0.25) is 0 Å². The number of halogens is 1. The average Bonchev–Trinajstić information content (AvgIpc) is 2.35. The van der Waals surface area contributed by atoms with E-state index in [2.05, 4.69) is 72.0 Å². The Hall–Kier alpha value is -0.580. The largest absolute Gasteiger partial charge is 0.395 e. The molecule has 19 heavy (non-hydrogen) atoms. The lowest BCUT2D eigenvalue weighted by atomic mass is 10.0. The lowest BCUT2D eigenvalue weighted by Crippen LogP contribution is -2.35. The van der Waals surface area contributed by atoms with Crippen LogP contribution in [0.3, 0.4) is 0 Å². The fraction of sp³-hybridized carbons (Fsp3) is 0.600. The van der Waals surface area contributed by atoms with Crippen LogP contribution in [0.5, 0.6) is 0 Å². The van der Waals surface area contributed by atoms with Gasteiger partial charge in [0, 0.05) is 28.8 Å². The van der Waals surface area contributed by atoms with E-state index in [1.165, 1.54) is 11.3 Å². The summed E-state index contributed by atoms with van der Waals surface area (Å²) in [5.41, 5.74) is 2.46. The van der Waals surface area contributed by atoms with E-state index in [4.69, 9.17) is 0 Å². The molecular formula is C15H25BrN2O. The Labute approximate surface area is 125 Å². The van der Waals surface area contributed by atoms with E-state index < -0.39 is 0 Å². The second-order valence-corrected chi connectivity index (χ2v) is 5.91. The van der Waals surface area contributed by atoms with Crippen LogP contribution < -0.4 is 10.2 Å². The van der Waals surface area contributed by atoms with E-state index >= 15 is 0 Å². The Morgan fingerprint density at radius 2 is 2.00 bits per heavy atom. The third kappa shape index (κ3) is 4.48. The minimum atomic E-state index is 0.166. The van der Waals surface area contributed by atoms with Gasteiger partial charge < -0.3 is 15.3 Å². The molecule has 1 aromatic carbocycles. The van der Waals surface area contributed by atoms with E-state index in [1.54, 1.807) is 0 Å². The minimum absolute atomic E-state index is 0.166. The molecule has 0 aliphatic carbocycles. The molecule has 0 aliphatic heterocycles. The smallest absolute Gasteiger partial charge is 0.0606 e. The summed E-state index contributed by atoms with van der Waals surface area (Å²) in [4.78, 5) is 2.24. The molecule has 3 nitrogen and oxygen atoms in total. The van der Waals surface area contributed by atoms with Gasteiger partial charge in [-0.1, -0.05) is 28.9 Å². The van der Waals surface area contributed by atoms with Gasteiger partial charge in [0.15, 0.2) is 0 Å². The van der Waals surface area contributed by atoms with Crippen LogP contribution in [-0.2, 0) is 0 Å². The van der Waals surface area contributed by atoms with E-state index in [0.29, 0.717) is 18.6 Å². The molecule has 0 amide bonds. The van der Waals surface area contributed by atoms with Crippen LogP contribution in [0.1, 0.15) is 39.3 Å². The number of aliphatic hydroxyl groups excluding tert-OH is 1. The van der Waals surface area contributed by atoms with Gasteiger partial charge in [-0.05, 0) is 45.0 Å². The van der Waals surface area contributed by atoms with Crippen molar-refractivity contribution in [2.75, 3.05) is 24.6 Å². The highest BCUT2D eigenvalue weighted by atomic mass is 79.9. The quantitative estimate of drug-likeness (QED) is 0.805. The van der Waals surface area contributed by atoms with Gasteiger partial charge in [0.1, 0.15) is 0 Å². The Morgan fingerprint density at radius 3 is 2.53 bits per heavy atom. The Morgan fingerprint density at radius 1 is 1.32 bits per heavy atom. The summed E-state index contributed by atoms with van der Waals surface area (Å²) in [5.74, 6) is 0. The van der Waals surface area contributed by atoms with Gasteiger partial charge in [0.25, 0.3) is 0 Å². The summed E-state index contributed by atoms with van der Waals surface area (Å²) >= 11 is 3.54. The number of nitrogens with one attached hydrogen (secondary N) is 1. The normalized spacial score (nSPS) is 12.8. The van der Waals surface area contributed by atoms with Crippen LogP contribution in [-0.4, -0.2) is 30.8 Å². The van der Waals surface area contributed by atoms with Gasteiger partial charge in [-0.2, -0.15) is 0 Å². The summed E-state index contributed by atoms with van der Waals surface area (Å²) in [6.45, 7) is 10.4. The highest BCUT2D eigenvalue weighted by molar-refractivity contribution is 9.10. The van der Waals surface area contributed by atoms with Crippen LogP contribution in [0.15, 0.2) is 22.7 Å². The second-order valence-electron chi connectivity index (χ2n) is 4.99. The third-order valence-electron chi connectivity index (χ3n) is 3.24. The molecule has 0 saturated carbocycles. The van der Waals surface area contributed by atoms with Crippen molar-refractivity contribution < 1.29 is 5.11 Å². The van der Waals surface area contributed by atoms with Crippen LogP contribution >= 0.6 is 15.9 Å². The zero-order valence-electron chi connectivity index (χ0n) is 12.3. The Bertz CT molecular complexity index is 396. The van der Waals surface area contributed by atoms with E-state index in [-0.39, 0.29) is 6.61 Å². The van der Waals surface area contributed by atoms with Crippen molar-refractivity contribution in [3.63, 3.8) is 0 Å².